The highest BCUT2D eigenvalue weighted by atomic mass is 31.2. The van der Waals surface area contributed by atoms with E-state index < -0.39 is 20.0 Å². The lowest BCUT2D eigenvalue weighted by Crippen LogP contribution is -2.45. The van der Waals surface area contributed by atoms with Gasteiger partial charge in [-0.15, -0.1) is 0 Å². The molecule has 0 aromatic heterocycles. The summed E-state index contributed by atoms with van der Waals surface area (Å²) in [4.78, 5) is 25.1. The van der Waals surface area contributed by atoms with Crippen LogP contribution >= 0.6 is 7.82 Å². The lowest BCUT2D eigenvalue weighted by molar-refractivity contribution is -0.870. The first kappa shape index (κ1) is 53.2. The van der Waals surface area contributed by atoms with Gasteiger partial charge in [-0.25, -0.2) is 0 Å². The number of carbonyl (C=O) groups excluding carboxylic acids is 1. The fourth-order valence-corrected chi connectivity index (χ4v) is 7.52. The average Bonchev–Trinajstić information content (AvgIpc) is 3.12. The first-order valence-corrected chi connectivity index (χ1v) is 24.5. The van der Waals surface area contributed by atoms with E-state index >= 15 is 0 Å². The number of aliphatic hydroxyl groups excluding tert-OH is 1. The Kier molecular flexibility index (Phi) is 37.3. The van der Waals surface area contributed by atoms with E-state index in [1.807, 2.05) is 27.2 Å². The molecule has 0 aliphatic rings. The number of hydrogen-bond donors (Lipinski definition) is 2. The highest BCUT2D eigenvalue weighted by Crippen LogP contribution is 2.38. The SMILES string of the molecule is CCCCC/C=C/C(O)C(COP(=O)([O-])OCC[N+](C)(C)C)NC(=O)CCCCCCCCCCCCCCCCCCCCCCCCCCCCC. The van der Waals surface area contributed by atoms with Crippen molar-refractivity contribution in [1.29, 1.82) is 0 Å². The van der Waals surface area contributed by atoms with Crippen LogP contribution in [0.3, 0.4) is 0 Å². The Morgan fingerprint density at radius 2 is 1.00 bits per heavy atom. The zero-order valence-corrected chi connectivity index (χ0v) is 37.3. The molecule has 0 aliphatic carbocycles. The van der Waals surface area contributed by atoms with Gasteiger partial charge in [0.2, 0.25) is 5.91 Å². The van der Waals surface area contributed by atoms with E-state index in [4.69, 9.17) is 9.05 Å². The van der Waals surface area contributed by atoms with Crippen molar-refractivity contribution in [1.82, 2.24) is 5.32 Å². The highest BCUT2D eigenvalue weighted by molar-refractivity contribution is 7.45. The topological polar surface area (TPSA) is 108 Å². The third kappa shape index (κ3) is 39.5. The number of carbonyl (C=O) groups is 1. The van der Waals surface area contributed by atoms with Gasteiger partial charge in [0.15, 0.2) is 0 Å². The molecule has 0 aromatic rings. The van der Waals surface area contributed by atoms with Crippen LogP contribution in [0.2, 0.25) is 0 Å². The number of nitrogens with zero attached hydrogens (tertiary/aromatic N) is 1. The molecule has 8 nitrogen and oxygen atoms in total. The summed E-state index contributed by atoms with van der Waals surface area (Å²) < 4.78 is 23.0. The Hall–Kier alpha value is -0.760. The minimum Gasteiger partial charge on any atom is -0.756 e. The second kappa shape index (κ2) is 37.8. The summed E-state index contributed by atoms with van der Waals surface area (Å²) in [6.45, 7) is 4.55. The van der Waals surface area contributed by atoms with Gasteiger partial charge in [0, 0.05) is 6.42 Å². The van der Waals surface area contributed by atoms with Crippen molar-refractivity contribution in [2.75, 3.05) is 40.9 Å². The summed E-state index contributed by atoms with van der Waals surface area (Å²) in [5.74, 6) is -0.201. The summed E-state index contributed by atoms with van der Waals surface area (Å²) in [5, 5.41) is 13.6. The molecular formula is C45H91N2O6P. The Morgan fingerprint density at radius 1 is 0.630 bits per heavy atom. The van der Waals surface area contributed by atoms with Crippen molar-refractivity contribution < 1.29 is 32.9 Å². The normalized spacial score (nSPS) is 14.4. The predicted octanol–water partition coefficient (Wildman–Crippen LogP) is 12.1. The second-order valence-electron chi connectivity index (χ2n) is 17.1. The fraction of sp³-hybridized carbons (Fsp3) is 0.933. The van der Waals surface area contributed by atoms with Gasteiger partial charge in [-0.2, -0.15) is 0 Å². The minimum absolute atomic E-state index is 0.000814. The zero-order valence-electron chi connectivity index (χ0n) is 36.4. The molecule has 1 amide bonds. The summed E-state index contributed by atoms with van der Waals surface area (Å²) in [5.41, 5.74) is 0. The number of hydrogen-bond acceptors (Lipinski definition) is 6. The summed E-state index contributed by atoms with van der Waals surface area (Å²) in [6, 6.07) is -0.877. The molecule has 3 unspecified atom stereocenters. The Morgan fingerprint density at radius 3 is 1.39 bits per heavy atom. The molecule has 0 aliphatic heterocycles. The summed E-state index contributed by atoms with van der Waals surface area (Å²) >= 11 is 0. The van der Waals surface area contributed by atoms with Crippen LogP contribution in [0.15, 0.2) is 12.2 Å². The molecule has 2 N–H and O–H groups in total. The first-order valence-electron chi connectivity index (χ1n) is 23.1. The van der Waals surface area contributed by atoms with Gasteiger partial charge in [-0.05, 0) is 19.3 Å². The molecule has 0 radical (unpaired) electrons. The quantitative estimate of drug-likeness (QED) is 0.0276. The summed E-state index contributed by atoms with van der Waals surface area (Å²) in [6.07, 6.45) is 43.3. The van der Waals surface area contributed by atoms with Crippen LogP contribution in [0.25, 0.3) is 0 Å². The van der Waals surface area contributed by atoms with Crippen molar-refractivity contribution in [3.8, 4) is 0 Å². The molecule has 3 atom stereocenters. The molecule has 0 bridgehead atoms. The molecular weight excluding hydrogens is 695 g/mol. The van der Waals surface area contributed by atoms with E-state index in [1.165, 1.54) is 154 Å². The number of aliphatic hydroxyl groups is 1. The molecule has 0 rings (SSSR count). The van der Waals surface area contributed by atoms with Gasteiger partial charge < -0.3 is 28.8 Å². The Balaban J connectivity index is 3.88. The van der Waals surface area contributed by atoms with Crippen LogP contribution in [0.4, 0.5) is 0 Å². The van der Waals surface area contributed by atoms with Gasteiger partial charge in [0.25, 0.3) is 7.82 Å². The third-order valence-electron chi connectivity index (χ3n) is 10.5. The number of unbranched alkanes of at least 4 members (excludes halogenated alkanes) is 29. The number of amides is 1. The zero-order chi connectivity index (χ0) is 40.0. The van der Waals surface area contributed by atoms with Crippen LogP contribution in [0.5, 0.6) is 0 Å². The van der Waals surface area contributed by atoms with Gasteiger partial charge in [-0.1, -0.05) is 206 Å². The van der Waals surface area contributed by atoms with E-state index in [9.17, 15) is 19.4 Å². The van der Waals surface area contributed by atoms with Crippen molar-refractivity contribution in [2.24, 2.45) is 0 Å². The van der Waals surface area contributed by atoms with E-state index in [1.54, 1.807) is 6.08 Å². The number of nitrogens with one attached hydrogen (secondary N) is 1. The van der Waals surface area contributed by atoms with E-state index in [-0.39, 0.29) is 19.1 Å². The van der Waals surface area contributed by atoms with Gasteiger partial charge in [-0.3, -0.25) is 9.36 Å². The Labute approximate surface area is 335 Å². The smallest absolute Gasteiger partial charge is 0.268 e. The molecule has 0 saturated carbocycles. The van der Waals surface area contributed by atoms with Gasteiger partial charge in [0.05, 0.1) is 39.9 Å². The highest BCUT2D eigenvalue weighted by Gasteiger charge is 2.23. The number of phosphoric acid groups is 1. The summed E-state index contributed by atoms with van der Waals surface area (Å²) in [7, 11) is 1.26. The molecule has 54 heavy (non-hydrogen) atoms. The van der Waals surface area contributed by atoms with Crippen LogP contribution in [-0.4, -0.2) is 68.5 Å². The molecule has 0 spiro atoms. The number of likely N-dealkylation sites (N-methyl/N-ethyl adjacent to an activating group) is 1. The molecule has 0 fully saturated rings. The Bertz CT molecular complexity index is 896. The molecule has 0 aromatic carbocycles. The van der Waals surface area contributed by atoms with E-state index in [0.717, 1.165) is 44.9 Å². The predicted molar refractivity (Wildman–Crippen MR) is 229 cm³/mol. The lowest BCUT2D eigenvalue weighted by atomic mass is 10.0. The molecule has 0 saturated heterocycles. The standard InChI is InChI=1S/C45H91N2O6P/c1-6-8-10-12-13-14-15-16-17-18-19-20-21-22-23-24-25-26-27-28-29-30-31-32-33-35-37-39-45(49)46-43(44(48)38-36-34-11-9-7-2)42-53-54(50,51)52-41-40-47(3,4)5/h36,38,43-44,48H,6-35,37,39-42H2,1-5H3,(H-,46,49,50,51)/b38-36+. The fourth-order valence-electron chi connectivity index (χ4n) is 6.80. The van der Waals surface area contributed by atoms with Crippen molar-refractivity contribution >= 4 is 13.7 Å². The largest absolute Gasteiger partial charge is 0.756 e. The minimum atomic E-state index is -4.57. The van der Waals surface area contributed by atoms with Crippen molar-refractivity contribution in [2.45, 2.75) is 231 Å². The monoisotopic (exact) mass is 787 g/mol. The maximum atomic E-state index is 12.7. The number of quaternary nitrogens is 1. The molecule has 322 valence electrons. The maximum Gasteiger partial charge on any atom is 0.268 e. The van der Waals surface area contributed by atoms with E-state index in [2.05, 4.69) is 19.2 Å². The molecule has 9 heteroatoms. The average molecular weight is 787 g/mol. The molecule has 0 heterocycles. The number of rotatable bonds is 42. The third-order valence-corrected chi connectivity index (χ3v) is 11.5. The second-order valence-corrected chi connectivity index (χ2v) is 18.5. The van der Waals surface area contributed by atoms with Crippen LogP contribution in [-0.2, 0) is 18.4 Å². The van der Waals surface area contributed by atoms with Crippen molar-refractivity contribution in [3.63, 3.8) is 0 Å². The van der Waals surface area contributed by atoms with Gasteiger partial charge >= 0.3 is 0 Å². The van der Waals surface area contributed by atoms with Crippen LogP contribution < -0.4 is 10.2 Å². The first-order chi connectivity index (χ1) is 26.0. The van der Waals surface area contributed by atoms with Gasteiger partial charge in [0.1, 0.15) is 13.2 Å². The maximum absolute atomic E-state index is 12.7. The lowest BCUT2D eigenvalue weighted by Gasteiger charge is -2.29. The van der Waals surface area contributed by atoms with Crippen molar-refractivity contribution in [3.05, 3.63) is 12.2 Å². The van der Waals surface area contributed by atoms with Crippen LogP contribution in [0, 0.1) is 0 Å². The number of phosphoric ester groups is 1. The number of allylic oxidation sites excluding steroid dienone is 1. The van der Waals surface area contributed by atoms with E-state index in [0.29, 0.717) is 17.4 Å². The van der Waals surface area contributed by atoms with Crippen LogP contribution in [0.1, 0.15) is 219 Å².